The molecule has 74 valence electrons. The number of hydrogen-bond donors (Lipinski definition) is 3. The van der Waals surface area contributed by atoms with Crippen LogP contribution in [0.1, 0.15) is 12.8 Å². The van der Waals surface area contributed by atoms with Crippen LogP contribution >= 0.6 is 0 Å². The quantitative estimate of drug-likeness (QED) is 0.496. The fourth-order valence-corrected chi connectivity index (χ4v) is 0.809. The molecule has 0 aromatic heterocycles. The van der Waals surface area contributed by atoms with E-state index in [1.807, 2.05) is 0 Å². The first-order valence-corrected chi connectivity index (χ1v) is 3.65. The smallest absolute Gasteiger partial charge is 0.316 e. The van der Waals surface area contributed by atoms with E-state index in [2.05, 4.69) is 5.32 Å². The number of nitrogens with one attached hydrogen (secondary N) is 1. The van der Waals surface area contributed by atoms with Gasteiger partial charge in [0.15, 0.2) is 0 Å². The van der Waals surface area contributed by atoms with Gasteiger partial charge in [0, 0.05) is 13.5 Å². The average Bonchev–Trinajstić information content (AvgIpc) is 2.03. The van der Waals surface area contributed by atoms with Crippen molar-refractivity contribution in [3.63, 3.8) is 0 Å². The summed E-state index contributed by atoms with van der Waals surface area (Å²) in [7, 11) is 1.30. The number of aliphatic carboxylic acids is 2. The second-order valence-electron chi connectivity index (χ2n) is 2.44. The summed E-state index contributed by atoms with van der Waals surface area (Å²) in [5.41, 5.74) is 0. The van der Waals surface area contributed by atoms with Crippen molar-refractivity contribution in [3.05, 3.63) is 0 Å². The molecule has 0 aromatic rings. The maximum Gasteiger partial charge on any atom is 0.316 e. The van der Waals surface area contributed by atoms with Crippen LogP contribution in [0.15, 0.2) is 0 Å². The van der Waals surface area contributed by atoms with Crippen LogP contribution in [0, 0.1) is 5.92 Å². The Morgan fingerprint density at radius 2 is 1.85 bits per heavy atom. The number of amides is 1. The molecule has 13 heavy (non-hydrogen) atoms. The standard InChI is InChI=1S/C7H11NO5/c1-8-6(11)4(7(12)13)2-3-5(9)10/h4H,2-3H2,1H3,(H,8,11)(H,9,10)(H,12,13). The van der Waals surface area contributed by atoms with E-state index in [1.54, 1.807) is 0 Å². The number of carboxylic acid groups (broad SMARTS) is 2. The van der Waals surface area contributed by atoms with Crippen molar-refractivity contribution in [2.24, 2.45) is 5.92 Å². The van der Waals surface area contributed by atoms with Crippen molar-refractivity contribution in [2.45, 2.75) is 12.8 Å². The Balaban J connectivity index is 4.18. The molecule has 6 heteroatoms. The molecular formula is C7H11NO5. The Labute approximate surface area is 74.6 Å². The summed E-state index contributed by atoms with van der Waals surface area (Å²) >= 11 is 0. The maximum atomic E-state index is 10.9. The molecule has 0 bridgehead atoms. The number of carbonyl (C=O) groups excluding carboxylic acids is 1. The molecule has 0 fully saturated rings. The molecule has 1 atom stereocenters. The Morgan fingerprint density at radius 1 is 1.31 bits per heavy atom. The minimum absolute atomic E-state index is 0.190. The highest BCUT2D eigenvalue weighted by molar-refractivity contribution is 5.97. The van der Waals surface area contributed by atoms with Gasteiger partial charge in [-0.2, -0.15) is 0 Å². The van der Waals surface area contributed by atoms with Crippen LogP contribution < -0.4 is 5.32 Å². The lowest BCUT2D eigenvalue weighted by molar-refractivity contribution is -0.147. The summed E-state index contributed by atoms with van der Waals surface area (Å²) in [5, 5.41) is 19.0. The summed E-state index contributed by atoms with van der Waals surface area (Å²) in [6.45, 7) is 0. The minimum atomic E-state index is -1.30. The van der Waals surface area contributed by atoms with E-state index in [1.165, 1.54) is 7.05 Å². The van der Waals surface area contributed by atoms with Gasteiger partial charge in [-0.3, -0.25) is 14.4 Å². The Morgan fingerprint density at radius 3 is 2.15 bits per heavy atom. The fourth-order valence-electron chi connectivity index (χ4n) is 0.809. The summed E-state index contributed by atoms with van der Waals surface area (Å²) in [5.74, 6) is -4.37. The summed E-state index contributed by atoms with van der Waals surface area (Å²) in [6.07, 6.45) is -0.519. The van der Waals surface area contributed by atoms with Crippen molar-refractivity contribution in [1.82, 2.24) is 5.32 Å². The lowest BCUT2D eigenvalue weighted by Gasteiger charge is -2.08. The predicted molar refractivity (Wildman–Crippen MR) is 42.1 cm³/mol. The highest BCUT2D eigenvalue weighted by atomic mass is 16.4. The maximum absolute atomic E-state index is 10.9. The van der Waals surface area contributed by atoms with E-state index < -0.39 is 23.8 Å². The number of carbonyl (C=O) groups is 3. The normalized spacial score (nSPS) is 11.8. The molecule has 0 heterocycles. The monoisotopic (exact) mass is 189 g/mol. The lowest BCUT2D eigenvalue weighted by atomic mass is 10.0. The van der Waals surface area contributed by atoms with Gasteiger partial charge in [-0.25, -0.2) is 0 Å². The third-order valence-corrected chi connectivity index (χ3v) is 1.51. The van der Waals surface area contributed by atoms with Crippen molar-refractivity contribution < 1.29 is 24.6 Å². The molecule has 0 aromatic carbocycles. The molecule has 0 aliphatic heterocycles. The van der Waals surface area contributed by atoms with Gasteiger partial charge >= 0.3 is 11.9 Å². The van der Waals surface area contributed by atoms with Gasteiger partial charge in [-0.15, -0.1) is 0 Å². The molecule has 0 spiro atoms. The molecule has 6 nitrogen and oxygen atoms in total. The fraction of sp³-hybridized carbons (Fsp3) is 0.571. The van der Waals surface area contributed by atoms with Gasteiger partial charge in [0.25, 0.3) is 0 Å². The van der Waals surface area contributed by atoms with E-state index in [0.717, 1.165) is 0 Å². The first-order chi connectivity index (χ1) is 5.99. The van der Waals surface area contributed by atoms with Gasteiger partial charge in [-0.1, -0.05) is 0 Å². The first-order valence-electron chi connectivity index (χ1n) is 3.65. The average molecular weight is 189 g/mol. The topological polar surface area (TPSA) is 104 Å². The lowest BCUT2D eigenvalue weighted by Crippen LogP contribution is -2.33. The molecule has 0 rings (SSSR count). The van der Waals surface area contributed by atoms with E-state index in [0.29, 0.717) is 0 Å². The van der Waals surface area contributed by atoms with Gasteiger partial charge in [0.1, 0.15) is 5.92 Å². The molecule has 3 N–H and O–H groups in total. The highest BCUT2D eigenvalue weighted by Gasteiger charge is 2.25. The third kappa shape index (κ3) is 4.09. The Bertz CT molecular complexity index is 225. The molecule has 0 aliphatic rings. The Hall–Kier alpha value is -1.59. The predicted octanol–water partition coefficient (Wildman–Crippen LogP) is -0.702. The first kappa shape index (κ1) is 11.4. The molecule has 1 amide bonds. The second kappa shape index (κ2) is 5.13. The van der Waals surface area contributed by atoms with Gasteiger partial charge < -0.3 is 15.5 Å². The molecular weight excluding hydrogens is 178 g/mol. The number of hydrogen-bond acceptors (Lipinski definition) is 3. The summed E-state index contributed by atoms with van der Waals surface area (Å²) in [4.78, 5) is 31.5. The second-order valence-corrected chi connectivity index (χ2v) is 2.44. The zero-order chi connectivity index (χ0) is 10.4. The van der Waals surface area contributed by atoms with E-state index in [-0.39, 0.29) is 12.8 Å². The van der Waals surface area contributed by atoms with Crippen LogP contribution in [0.3, 0.4) is 0 Å². The molecule has 1 unspecified atom stereocenters. The van der Waals surface area contributed by atoms with Crippen LogP contribution in [0.2, 0.25) is 0 Å². The van der Waals surface area contributed by atoms with Crippen molar-refractivity contribution in [2.75, 3.05) is 7.05 Å². The van der Waals surface area contributed by atoms with Crippen LogP contribution in [-0.2, 0) is 14.4 Å². The number of carboxylic acids is 2. The van der Waals surface area contributed by atoms with Crippen molar-refractivity contribution >= 4 is 17.8 Å². The summed E-state index contributed by atoms with van der Waals surface area (Å²) < 4.78 is 0. The highest BCUT2D eigenvalue weighted by Crippen LogP contribution is 2.06. The Kier molecular flexibility index (Phi) is 4.50. The zero-order valence-corrected chi connectivity index (χ0v) is 7.11. The van der Waals surface area contributed by atoms with Crippen LogP contribution in [0.5, 0.6) is 0 Å². The van der Waals surface area contributed by atoms with Crippen LogP contribution in [0.25, 0.3) is 0 Å². The van der Waals surface area contributed by atoms with E-state index in [4.69, 9.17) is 10.2 Å². The minimum Gasteiger partial charge on any atom is -0.481 e. The molecule has 0 saturated heterocycles. The van der Waals surface area contributed by atoms with Crippen LogP contribution in [-0.4, -0.2) is 35.1 Å². The van der Waals surface area contributed by atoms with Crippen LogP contribution in [0.4, 0.5) is 0 Å². The molecule has 0 saturated carbocycles. The SMILES string of the molecule is CNC(=O)C(CCC(=O)O)C(=O)O. The third-order valence-electron chi connectivity index (χ3n) is 1.51. The van der Waals surface area contributed by atoms with E-state index in [9.17, 15) is 14.4 Å². The largest absolute Gasteiger partial charge is 0.481 e. The summed E-state index contributed by atoms with van der Waals surface area (Å²) in [6, 6.07) is 0. The zero-order valence-electron chi connectivity index (χ0n) is 7.11. The number of rotatable bonds is 5. The van der Waals surface area contributed by atoms with Gasteiger partial charge in [0.2, 0.25) is 5.91 Å². The van der Waals surface area contributed by atoms with Crippen molar-refractivity contribution in [3.8, 4) is 0 Å². The molecule has 0 radical (unpaired) electrons. The van der Waals surface area contributed by atoms with Gasteiger partial charge in [0.05, 0.1) is 0 Å². The van der Waals surface area contributed by atoms with Crippen molar-refractivity contribution in [1.29, 1.82) is 0 Å². The van der Waals surface area contributed by atoms with Gasteiger partial charge in [-0.05, 0) is 6.42 Å². The molecule has 0 aliphatic carbocycles. The van der Waals surface area contributed by atoms with E-state index >= 15 is 0 Å².